The van der Waals surface area contributed by atoms with Crippen LogP contribution in [0, 0.1) is 12.3 Å². The van der Waals surface area contributed by atoms with Crippen molar-refractivity contribution in [2.45, 2.75) is 38.5 Å². The molecule has 0 bridgehead atoms. The Kier molecular flexibility index (Phi) is 7.51. The third-order valence-electron chi connectivity index (χ3n) is 1.82. The number of carbonyl (C=O) groups excluding carboxylic acids is 2. The Morgan fingerprint density at radius 2 is 1.88 bits per heavy atom. The van der Waals surface area contributed by atoms with Crippen LogP contribution in [0.1, 0.15) is 38.5 Å². The van der Waals surface area contributed by atoms with Crippen molar-refractivity contribution in [3.8, 4) is 12.3 Å². The summed E-state index contributed by atoms with van der Waals surface area (Å²) >= 11 is 0. The van der Waals surface area contributed by atoms with Crippen LogP contribution < -0.4 is 5.32 Å². The van der Waals surface area contributed by atoms with E-state index in [1.165, 1.54) is 0 Å². The maximum absolute atomic E-state index is 10.1. The first-order valence-electron chi connectivity index (χ1n) is 5.04. The van der Waals surface area contributed by atoms with Crippen LogP contribution in [0.15, 0.2) is 0 Å². The SMILES string of the molecule is C#CCCCCC(=O)O.O=C1CCC(=O)N1. The second kappa shape index (κ2) is 8.48. The Morgan fingerprint density at radius 3 is 2.19 bits per heavy atom. The largest absolute Gasteiger partial charge is 0.481 e. The Hall–Kier alpha value is -1.83. The van der Waals surface area contributed by atoms with Crippen LogP contribution in [0.3, 0.4) is 0 Å². The van der Waals surface area contributed by atoms with Gasteiger partial charge in [-0.05, 0) is 12.8 Å². The molecule has 1 aliphatic heterocycles. The minimum atomic E-state index is -0.743. The van der Waals surface area contributed by atoms with Gasteiger partial charge in [0.15, 0.2) is 0 Å². The predicted molar refractivity (Wildman–Crippen MR) is 57.3 cm³/mol. The lowest BCUT2D eigenvalue weighted by atomic mass is 10.2. The lowest BCUT2D eigenvalue weighted by molar-refractivity contribution is -0.137. The first-order valence-corrected chi connectivity index (χ1v) is 5.04. The van der Waals surface area contributed by atoms with Crippen LogP contribution in [-0.4, -0.2) is 22.9 Å². The van der Waals surface area contributed by atoms with E-state index in [4.69, 9.17) is 11.5 Å². The molecule has 0 radical (unpaired) electrons. The molecular formula is C11H15NO4. The Labute approximate surface area is 94.2 Å². The summed E-state index contributed by atoms with van der Waals surface area (Å²) in [5.41, 5.74) is 0. The van der Waals surface area contributed by atoms with Gasteiger partial charge in [0.1, 0.15) is 0 Å². The summed E-state index contributed by atoms with van der Waals surface area (Å²) in [5.74, 6) is 1.41. The van der Waals surface area contributed by atoms with Gasteiger partial charge in [0.05, 0.1) is 0 Å². The lowest BCUT2D eigenvalue weighted by Crippen LogP contribution is -2.18. The van der Waals surface area contributed by atoms with Crippen LogP contribution in [-0.2, 0) is 14.4 Å². The number of aliphatic carboxylic acids is 1. The number of unbranched alkanes of at least 4 members (excludes halogenated alkanes) is 2. The Bertz CT molecular complexity index is 290. The maximum atomic E-state index is 10.1. The molecule has 0 spiro atoms. The van der Waals surface area contributed by atoms with Crippen LogP contribution in [0.4, 0.5) is 0 Å². The van der Waals surface area contributed by atoms with Crippen molar-refractivity contribution < 1.29 is 19.5 Å². The Morgan fingerprint density at radius 1 is 1.31 bits per heavy atom. The van der Waals surface area contributed by atoms with Crippen molar-refractivity contribution in [2.75, 3.05) is 0 Å². The highest BCUT2D eigenvalue weighted by atomic mass is 16.4. The molecule has 1 heterocycles. The molecule has 0 saturated carbocycles. The molecule has 1 fully saturated rings. The van der Waals surface area contributed by atoms with E-state index in [0.717, 1.165) is 6.42 Å². The van der Waals surface area contributed by atoms with Gasteiger partial charge in [0.2, 0.25) is 11.8 Å². The van der Waals surface area contributed by atoms with E-state index in [-0.39, 0.29) is 18.2 Å². The second-order valence-corrected chi connectivity index (χ2v) is 3.28. The average molecular weight is 225 g/mol. The van der Waals surface area contributed by atoms with E-state index in [0.29, 0.717) is 25.7 Å². The number of amides is 2. The van der Waals surface area contributed by atoms with Crippen molar-refractivity contribution in [2.24, 2.45) is 0 Å². The zero-order chi connectivity index (χ0) is 12.4. The summed E-state index contributed by atoms with van der Waals surface area (Å²) in [6.45, 7) is 0. The highest BCUT2D eigenvalue weighted by molar-refractivity contribution is 6.01. The summed E-state index contributed by atoms with van der Waals surface area (Å²) in [6.07, 6.45) is 8.14. The quantitative estimate of drug-likeness (QED) is 0.419. The second-order valence-electron chi connectivity index (χ2n) is 3.28. The van der Waals surface area contributed by atoms with Crippen molar-refractivity contribution in [1.29, 1.82) is 0 Å². The normalized spacial score (nSPS) is 13.4. The van der Waals surface area contributed by atoms with Gasteiger partial charge in [-0.15, -0.1) is 12.3 Å². The van der Waals surface area contributed by atoms with Gasteiger partial charge in [0.25, 0.3) is 0 Å². The van der Waals surface area contributed by atoms with Crippen LogP contribution in [0.5, 0.6) is 0 Å². The fourth-order valence-corrected chi connectivity index (χ4v) is 1.01. The van der Waals surface area contributed by atoms with E-state index in [1.54, 1.807) is 0 Å². The number of rotatable bonds is 4. The molecule has 2 N–H and O–H groups in total. The number of terminal acetylenes is 1. The molecular weight excluding hydrogens is 210 g/mol. The Balaban J connectivity index is 0.000000288. The maximum Gasteiger partial charge on any atom is 0.303 e. The third-order valence-corrected chi connectivity index (χ3v) is 1.82. The summed E-state index contributed by atoms with van der Waals surface area (Å²) in [5, 5.41) is 10.3. The van der Waals surface area contributed by atoms with Gasteiger partial charge in [-0.25, -0.2) is 0 Å². The molecule has 0 aliphatic carbocycles. The molecule has 0 aromatic carbocycles. The van der Waals surface area contributed by atoms with Crippen molar-refractivity contribution in [1.82, 2.24) is 5.32 Å². The summed E-state index contributed by atoms with van der Waals surface area (Å²) in [6, 6.07) is 0. The average Bonchev–Trinajstić information content (AvgIpc) is 2.58. The number of carboxylic acids is 1. The third kappa shape index (κ3) is 8.75. The molecule has 16 heavy (non-hydrogen) atoms. The van der Waals surface area contributed by atoms with E-state index in [1.807, 2.05) is 0 Å². The van der Waals surface area contributed by atoms with Crippen LogP contribution >= 0.6 is 0 Å². The van der Waals surface area contributed by atoms with Gasteiger partial charge in [-0.2, -0.15) is 0 Å². The van der Waals surface area contributed by atoms with Crippen LogP contribution in [0.25, 0.3) is 0 Å². The van der Waals surface area contributed by atoms with Crippen molar-refractivity contribution in [3.05, 3.63) is 0 Å². The molecule has 1 saturated heterocycles. The number of hydrogen-bond donors (Lipinski definition) is 2. The molecule has 0 unspecified atom stereocenters. The van der Waals surface area contributed by atoms with Gasteiger partial charge in [0, 0.05) is 25.7 Å². The van der Waals surface area contributed by atoms with Gasteiger partial charge in [-0.1, -0.05) is 0 Å². The van der Waals surface area contributed by atoms with Gasteiger partial charge >= 0.3 is 5.97 Å². The molecule has 2 amide bonds. The highest BCUT2D eigenvalue weighted by Crippen LogP contribution is 1.97. The molecule has 1 rings (SSSR count). The van der Waals surface area contributed by atoms with Crippen molar-refractivity contribution >= 4 is 17.8 Å². The molecule has 0 aromatic heterocycles. The topological polar surface area (TPSA) is 83.5 Å². The number of imide groups is 1. The van der Waals surface area contributed by atoms with Gasteiger partial charge < -0.3 is 5.11 Å². The standard InChI is InChI=1S/C7H10O2.C4H5NO2/c1-2-3-4-5-6-7(8)9;6-3-1-2-4(7)5-3/h1H,3-6H2,(H,8,9);1-2H2,(H,5,6,7). The molecule has 1 aliphatic rings. The first kappa shape index (κ1) is 14.2. The fraction of sp³-hybridized carbons (Fsp3) is 0.545. The number of nitrogens with one attached hydrogen (secondary N) is 1. The number of carbonyl (C=O) groups is 3. The number of hydrogen-bond acceptors (Lipinski definition) is 3. The summed E-state index contributed by atoms with van der Waals surface area (Å²) in [4.78, 5) is 30.2. The first-order chi connectivity index (χ1) is 7.56. The number of carboxylic acid groups (broad SMARTS) is 1. The zero-order valence-corrected chi connectivity index (χ0v) is 8.99. The molecule has 0 aromatic rings. The summed E-state index contributed by atoms with van der Waals surface area (Å²) in [7, 11) is 0. The van der Waals surface area contributed by atoms with E-state index in [2.05, 4.69) is 11.2 Å². The van der Waals surface area contributed by atoms with E-state index >= 15 is 0 Å². The lowest BCUT2D eigenvalue weighted by Gasteiger charge is -1.89. The van der Waals surface area contributed by atoms with Gasteiger partial charge in [-0.3, -0.25) is 19.7 Å². The molecule has 0 atom stereocenters. The minimum Gasteiger partial charge on any atom is -0.481 e. The molecule has 5 nitrogen and oxygen atoms in total. The smallest absolute Gasteiger partial charge is 0.303 e. The van der Waals surface area contributed by atoms with Crippen molar-refractivity contribution in [3.63, 3.8) is 0 Å². The fourth-order valence-electron chi connectivity index (χ4n) is 1.01. The predicted octanol–water partition coefficient (Wildman–Crippen LogP) is 0.688. The van der Waals surface area contributed by atoms with Crippen LogP contribution in [0.2, 0.25) is 0 Å². The highest BCUT2D eigenvalue weighted by Gasteiger charge is 2.15. The monoisotopic (exact) mass is 225 g/mol. The van der Waals surface area contributed by atoms with E-state index in [9.17, 15) is 14.4 Å². The molecule has 5 heteroatoms. The summed E-state index contributed by atoms with van der Waals surface area (Å²) < 4.78 is 0. The van der Waals surface area contributed by atoms with E-state index < -0.39 is 5.97 Å². The minimum absolute atomic E-state index is 0.148. The zero-order valence-electron chi connectivity index (χ0n) is 8.99. The molecule has 88 valence electrons.